The van der Waals surface area contributed by atoms with Crippen molar-refractivity contribution in [3.8, 4) is 0 Å². The van der Waals surface area contributed by atoms with Gasteiger partial charge in [-0.1, -0.05) is 0 Å². The molecule has 0 aromatic carbocycles. The van der Waals surface area contributed by atoms with Gasteiger partial charge in [0.25, 0.3) is 5.91 Å². The minimum atomic E-state index is -0.698. The Morgan fingerprint density at radius 2 is 2.21 bits per heavy atom. The average molecular weight is 268 g/mol. The Morgan fingerprint density at radius 3 is 2.79 bits per heavy atom. The number of amidine groups is 1. The van der Waals surface area contributed by atoms with Crippen LogP contribution < -0.4 is 10.6 Å². The van der Waals surface area contributed by atoms with Gasteiger partial charge in [0.15, 0.2) is 0 Å². The van der Waals surface area contributed by atoms with Crippen molar-refractivity contribution < 1.29 is 14.3 Å². The fourth-order valence-corrected chi connectivity index (χ4v) is 2.47. The number of nitrogens with zero attached hydrogens (tertiary/aromatic N) is 2. The van der Waals surface area contributed by atoms with E-state index in [2.05, 4.69) is 15.6 Å². The van der Waals surface area contributed by atoms with E-state index in [9.17, 15) is 9.59 Å². The maximum atomic E-state index is 12.0. The predicted molar refractivity (Wildman–Crippen MR) is 70.1 cm³/mol. The lowest BCUT2D eigenvalue weighted by atomic mass is 9.88. The standard InChI is InChI=1S/C12H20N4O3/c1-3-13-11(18)16-6-4-12(5-7-16)10(17)14-9(15-12)8-19-2/h3-8H2,1-2H3,(H,13,18)(H,14,15,17). The Bertz CT molecular complexity index is 400. The molecule has 0 aromatic heterocycles. The number of hydrogen-bond acceptors (Lipinski definition) is 4. The summed E-state index contributed by atoms with van der Waals surface area (Å²) in [7, 11) is 1.57. The number of ether oxygens (including phenoxy) is 1. The molecule has 3 amide bonds. The first-order chi connectivity index (χ1) is 9.11. The van der Waals surface area contributed by atoms with Gasteiger partial charge in [0, 0.05) is 26.7 Å². The Morgan fingerprint density at radius 1 is 1.53 bits per heavy atom. The van der Waals surface area contributed by atoms with Gasteiger partial charge in [0.2, 0.25) is 0 Å². The van der Waals surface area contributed by atoms with E-state index in [0.717, 1.165) is 0 Å². The summed E-state index contributed by atoms with van der Waals surface area (Å²) in [5.74, 6) is 0.508. The number of rotatable bonds is 3. The minimum Gasteiger partial charge on any atom is -0.377 e. The molecule has 0 radical (unpaired) electrons. The molecule has 106 valence electrons. The predicted octanol–water partition coefficient (Wildman–Crippen LogP) is -0.275. The molecule has 7 heteroatoms. The maximum absolute atomic E-state index is 12.0. The molecule has 2 rings (SSSR count). The molecule has 1 fully saturated rings. The van der Waals surface area contributed by atoms with Gasteiger partial charge < -0.3 is 20.3 Å². The van der Waals surface area contributed by atoms with Gasteiger partial charge in [-0.05, 0) is 19.8 Å². The molecule has 1 spiro atoms. The molecule has 0 atom stereocenters. The zero-order valence-corrected chi connectivity index (χ0v) is 11.4. The fraction of sp³-hybridized carbons (Fsp3) is 0.750. The van der Waals surface area contributed by atoms with E-state index in [0.29, 0.717) is 44.9 Å². The van der Waals surface area contributed by atoms with Gasteiger partial charge in [0.05, 0.1) is 0 Å². The molecule has 1 saturated heterocycles. The van der Waals surface area contributed by atoms with Crippen molar-refractivity contribution in [1.29, 1.82) is 0 Å². The first kappa shape index (κ1) is 13.8. The molecule has 0 aliphatic carbocycles. The number of methoxy groups -OCH3 is 1. The van der Waals surface area contributed by atoms with Crippen LogP contribution in [0.25, 0.3) is 0 Å². The van der Waals surface area contributed by atoms with E-state index in [1.165, 1.54) is 0 Å². The first-order valence-corrected chi connectivity index (χ1v) is 6.53. The maximum Gasteiger partial charge on any atom is 0.317 e. The van der Waals surface area contributed by atoms with E-state index in [1.807, 2.05) is 6.92 Å². The Kier molecular flexibility index (Phi) is 4.04. The zero-order valence-electron chi connectivity index (χ0n) is 11.4. The second kappa shape index (κ2) is 5.56. The van der Waals surface area contributed by atoms with E-state index < -0.39 is 5.54 Å². The van der Waals surface area contributed by atoms with Crippen molar-refractivity contribution >= 4 is 17.8 Å². The molecular formula is C12H20N4O3. The monoisotopic (exact) mass is 268 g/mol. The summed E-state index contributed by atoms with van der Waals surface area (Å²) in [6, 6.07) is -0.0724. The second-order valence-electron chi connectivity index (χ2n) is 4.80. The number of likely N-dealkylation sites (tertiary alicyclic amines) is 1. The summed E-state index contributed by atoms with van der Waals surface area (Å²) in [6.07, 6.45) is 1.12. The number of carbonyl (C=O) groups is 2. The third-order valence-corrected chi connectivity index (χ3v) is 3.52. The van der Waals surface area contributed by atoms with Crippen molar-refractivity contribution in [2.45, 2.75) is 25.3 Å². The minimum absolute atomic E-state index is 0.0724. The van der Waals surface area contributed by atoms with Gasteiger partial charge in [-0.25, -0.2) is 4.79 Å². The summed E-state index contributed by atoms with van der Waals surface area (Å²) < 4.78 is 4.98. The summed E-state index contributed by atoms with van der Waals surface area (Å²) in [5, 5.41) is 5.52. The number of urea groups is 1. The Hall–Kier alpha value is -1.63. The van der Waals surface area contributed by atoms with Crippen molar-refractivity contribution in [3.05, 3.63) is 0 Å². The van der Waals surface area contributed by atoms with Crippen LogP contribution in [-0.4, -0.2) is 61.6 Å². The van der Waals surface area contributed by atoms with Gasteiger partial charge in [-0.3, -0.25) is 9.79 Å². The summed E-state index contributed by atoms with van der Waals surface area (Å²) in [6.45, 7) is 3.89. The van der Waals surface area contributed by atoms with Gasteiger partial charge in [-0.15, -0.1) is 0 Å². The number of hydrogen-bond donors (Lipinski definition) is 2. The van der Waals surface area contributed by atoms with Crippen LogP contribution in [0.1, 0.15) is 19.8 Å². The molecule has 2 aliphatic heterocycles. The van der Waals surface area contributed by atoms with Crippen LogP contribution in [0.15, 0.2) is 4.99 Å². The third kappa shape index (κ3) is 2.70. The van der Waals surface area contributed by atoms with Crippen LogP contribution in [0.4, 0.5) is 4.79 Å². The van der Waals surface area contributed by atoms with Crippen molar-refractivity contribution in [2.75, 3.05) is 33.4 Å². The largest absolute Gasteiger partial charge is 0.377 e. The van der Waals surface area contributed by atoms with Gasteiger partial charge >= 0.3 is 6.03 Å². The van der Waals surface area contributed by atoms with Crippen molar-refractivity contribution in [3.63, 3.8) is 0 Å². The second-order valence-corrected chi connectivity index (χ2v) is 4.80. The molecular weight excluding hydrogens is 248 g/mol. The molecule has 19 heavy (non-hydrogen) atoms. The van der Waals surface area contributed by atoms with Gasteiger partial charge in [0.1, 0.15) is 18.0 Å². The van der Waals surface area contributed by atoms with Crippen LogP contribution in [-0.2, 0) is 9.53 Å². The van der Waals surface area contributed by atoms with Crippen LogP contribution >= 0.6 is 0 Å². The lowest BCUT2D eigenvalue weighted by Crippen LogP contribution is -2.52. The highest BCUT2D eigenvalue weighted by atomic mass is 16.5. The normalized spacial score (nSPS) is 21.3. The topological polar surface area (TPSA) is 83.0 Å². The number of carbonyl (C=O) groups excluding carboxylic acids is 2. The molecule has 0 saturated carbocycles. The number of amides is 3. The molecule has 2 aliphatic rings. The van der Waals surface area contributed by atoms with Crippen LogP contribution in [0.3, 0.4) is 0 Å². The number of nitrogens with one attached hydrogen (secondary N) is 2. The Labute approximate surface area is 112 Å². The first-order valence-electron chi connectivity index (χ1n) is 6.53. The highest BCUT2D eigenvalue weighted by Crippen LogP contribution is 2.29. The van der Waals surface area contributed by atoms with Crippen molar-refractivity contribution in [2.24, 2.45) is 4.99 Å². The summed E-state index contributed by atoms with van der Waals surface area (Å²) >= 11 is 0. The zero-order chi connectivity index (χ0) is 13.9. The molecule has 7 nitrogen and oxygen atoms in total. The highest BCUT2D eigenvalue weighted by Gasteiger charge is 2.46. The third-order valence-electron chi connectivity index (χ3n) is 3.52. The van der Waals surface area contributed by atoms with E-state index in [-0.39, 0.29) is 11.9 Å². The van der Waals surface area contributed by atoms with E-state index in [4.69, 9.17) is 4.74 Å². The van der Waals surface area contributed by atoms with Crippen LogP contribution in [0, 0.1) is 0 Å². The van der Waals surface area contributed by atoms with E-state index >= 15 is 0 Å². The quantitative estimate of drug-likeness (QED) is 0.739. The number of aliphatic imine (C=N–C) groups is 1. The van der Waals surface area contributed by atoms with Gasteiger partial charge in [-0.2, -0.15) is 0 Å². The highest BCUT2D eigenvalue weighted by molar-refractivity contribution is 6.08. The van der Waals surface area contributed by atoms with E-state index in [1.54, 1.807) is 12.0 Å². The summed E-state index contributed by atoms with van der Waals surface area (Å²) in [5.41, 5.74) is -0.698. The molecule has 2 N–H and O–H groups in total. The van der Waals surface area contributed by atoms with Crippen LogP contribution in [0.5, 0.6) is 0 Å². The summed E-state index contributed by atoms with van der Waals surface area (Å²) in [4.78, 5) is 29.9. The average Bonchev–Trinajstić information content (AvgIpc) is 2.67. The smallest absolute Gasteiger partial charge is 0.317 e. The van der Waals surface area contributed by atoms with Crippen LogP contribution in [0.2, 0.25) is 0 Å². The SMILES string of the molecule is CCNC(=O)N1CCC2(CC1)N=C(COC)NC2=O. The lowest BCUT2D eigenvalue weighted by molar-refractivity contribution is -0.125. The molecule has 0 aromatic rings. The number of piperidine rings is 1. The lowest BCUT2D eigenvalue weighted by Gasteiger charge is -2.35. The molecule has 2 heterocycles. The fourth-order valence-electron chi connectivity index (χ4n) is 2.47. The molecule has 0 unspecified atom stereocenters. The van der Waals surface area contributed by atoms with Crippen molar-refractivity contribution in [1.82, 2.24) is 15.5 Å². The Balaban J connectivity index is 1.98. The molecule has 0 bridgehead atoms.